The summed E-state index contributed by atoms with van der Waals surface area (Å²) in [5.74, 6) is 0.297. The average Bonchev–Trinajstić information content (AvgIpc) is 2.32. The van der Waals surface area contributed by atoms with Crippen molar-refractivity contribution < 1.29 is 14.0 Å². The summed E-state index contributed by atoms with van der Waals surface area (Å²) in [4.78, 5) is 0. The quantitative estimate of drug-likeness (QED) is 0.586. The maximum absolute atomic E-state index is 9.45. The van der Waals surface area contributed by atoms with Gasteiger partial charge in [-0.3, -0.25) is 0 Å². The molecule has 0 radical (unpaired) electrons. The summed E-state index contributed by atoms with van der Waals surface area (Å²) in [5.41, 5.74) is 0. The van der Waals surface area contributed by atoms with Crippen molar-refractivity contribution >= 4 is 16.6 Å². The number of aliphatic hydroxyl groups is 1. The highest BCUT2D eigenvalue weighted by atomic mass is 28.4. The molecule has 0 saturated carbocycles. The molecule has 2 atom stereocenters. The van der Waals surface area contributed by atoms with Crippen LogP contribution in [0.4, 0.5) is 0 Å². The second-order valence-corrected chi connectivity index (χ2v) is 19.5. The largest absolute Gasteiger partial charge is 0.416 e. The van der Waals surface area contributed by atoms with Crippen molar-refractivity contribution in [2.45, 2.75) is 97.3 Å². The van der Waals surface area contributed by atoms with Gasteiger partial charge in [-0.05, 0) is 42.7 Å². The van der Waals surface area contributed by atoms with Gasteiger partial charge in [-0.25, -0.2) is 0 Å². The van der Waals surface area contributed by atoms with E-state index in [0.29, 0.717) is 12.3 Å². The topological polar surface area (TPSA) is 38.7 Å². The molecule has 0 spiro atoms. The predicted octanol–water partition coefficient (Wildman–Crippen LogP) is 5.42. The summed E-state index contributed by atoms with van der Waals surface area (Å²) in [6.45, 7) is 25.8. The maximum atomic E-state index is 9.45. The van der Waals surface area contributed by atoms with Gasteiger partial charge in [0.25, 0.3) is 0 Å². The normalized spacial score (nSPS) is 17.2. The zero-order valence-corrected chi connectivity index (χ0v) is 19.5. The Morgan fingerprint density at radius 2 is 1.30 bits per heavy atom. The summed E-state index contributed by atoms with van der Waals surface area (Å²) in [6.07, 6.45) is 0.764. The first-order valence-corrected chi connectivity index (χ1v) is 14.8. The van der Waals surface area contributed by atoms with E-state index in [2.05, 4.69) is 74.7 Å². The van der Waals surface area contributed by atoms with Crippen LogP contribution in [0.1, 0.15) is 54.9 Å². The Bertz CT molecular complexity index is 354. The summed E-state index contributed by atoms with van der Waals surface area (Å²) in [6, 6.07) is 0. The van der Waals surface area contributed by atoms with E-state index in [1.54, 1.807) is 0 Å². The number of hydrogen-bond donors (Lipinski definition) is 1. The van der Waals surface area contributed by atoms with Crippen LogP contribution in [0.2, 0.25) is 36.3 Å². The lowest BCUT2D eigenvalue weighted by Gasteiger charge is -2.42. The third kappa shape index (κ3) is 6.98. The third-order valence-electron chi connectivity index (χ3n) is 5.81. The highest BCUT2D eigenvalue weighted by molar-refractivity contribution is 6.74. The zero-order valence-electron chi connectivity index (χ0n) is 17.5. The fraction of sp³-hybridized carbons (Fsp3) is 1.00. The second kappa shape index (κ2) is 8.13. The van der Waals surface area contributed by atoms with Crippen molar-refractivity contribution in [1.29, 1.82) is 0 Å². The number of aliphatic hydroxyl groups excluding tert-OH is 1. The van der Waals surface area contributed by atoms with Crippen LogP contribution in [0.3, 0.4) is 0 Å². The van der Waals surface area contributed by atoms with Gasteiger partial charge in [0.15, 0.2) is 16.6 Å². The van der Waals surface area contributed by atoms with Crippen LogP contribution in [0.25, 0.3) is 0 Å². The molecule has 0 aliphatic heterocycles. The highest BCUT2D eigenvalue weighted by Crippen LogP contribution is 2.39. The van der Waals surface area contributed by atoms with Crippen LogP contribution in [0.5, 0.6) is 0 Å². The molecule has 3 nitrogen and oxygen atoms in total. The molecule has 1 unspecified atom stereocenters. The van der Waals surface area contributed by atoms with E-state index in [0.717, 1.165) is 6.61 Å². The fourth-order valence-electron chi connectivity index (χ4n) is 1.81. The Morgan fingerprint density at radius 3 is 1.65 bits per heavy atom. The van der Waals surface area contributed by atoms with Gasteiger partial charge in [0, 0.05) is 19.1 Å². The monoisotopic (exact) mass is 362 g/mol. The first-order valence-electron chi connectivity index (χ1n) is 8.98. The molecule has 140 valence electrons. The van der Waals surface area contributed by atoms with Gasteiger partial charge in [-0.15, -0.1) is 0 Å². The molecule has 0 fully saturated rings. The molecule has 5 heteroatoms. The van der Waals surface area contributed by atoms with E-state index in [1.165, 1.54) is 0 Å². The van der Waals surface area contributed by atoms with Crippen LogP contribution in [0, 0.1) is 5.92 Å². The lowest BCUT2D eigenvalue weighted by Crippen LogP contribution is -2.47. The molecule has 0 aliphatic rings. The molecule has 0 aromatic rings. The SMILES string of the molecule is CC(CO[Si](C)(C)C(C)(C)C)[C@H](CCO)O[Si](C)(C)C(C)(C)C. The first-order chi connectivity index (χ1) is 10.0. The second-order valence-electron chi connectivity index (χ2n) is 9.98. The molecule has 0 heterocycles. The van der Waals surface area contributed by atoms with Gasteiger partial charge in [-0.2, -0.15) is 0 Å². The highest BCUT2D eigenvalue weighted by Gasteiger charge is 2.41. The molecule has 0 bridgehead atoms. The maximum Gasteiger partial charge on any atom is 0.192 e. The lowest BCUT2D eigenvalue weighted by molar-refractivity contribution is 0.0667. The molecule has 23 heavy (non-hydrogen) atoms. The van der Waals surface area contributed by atoms with Gasteiger partial charge >= 0.3 is 0 Å². The Morgan fingerprint density at radius 1 is 0.870 bits per heavy atom. The van der Waals surface area contributed by atoms with E-state index in [-0.39, 0.29) is 22.8 Å². The van der Waals surface area contributed by atoms with Crippen LogP contribution < -0.4 is 0 Å². The molecule has 0 saturated heterocycles. The average molecular weight is 363 g/mol. The van der Waals surface area contributed by atoms with Crippen molar-refractivity contribution in [3.8, 4) is 0 Å². The predicted molar refractivity (Wildman–Crippen MR) is 106 cm³/mol. The van der Waals surface area contributed by atoms with Crippen molar-refractivity contribution in [3.05, 3.63) is 0 Å². The van der Waals surface area contributed by atoms with Gasteiger partial charge in [0.05, 0.1) is 6.10 Å². The smallest absolute Gasteiger partial charge is 0.192 e. The summed E-state index contributed by atoms with van der Waals surface area (Å²) in [5, 5.41) is 9.85. The minimum Gasteiger partial charge on any atom is -0.416 e. The van der Waals surface area contributed by atoms with Gasteiger partial charge in [-0.1, -0.05) is 48.5 Å². The first kappa shape index (κ1) is 23.3. The van der Waals surface area contributed by atoms with Crippen LogP contribution >= 0.6 is 0 Å². The Kier molecular flexibility index (Phi) is 8.24. The molecular formula is C18H42O3Si2. The molecule has 0 rings (SSSR count). The summed E-state index contributed by atoms with van der Waals surface area (Å²) in [7, 11) is -3.57. The van der Waals surface area contributed by atoms with E-state index >= 15 is 0 Å². The van der Waals surface area contributed by atoms with Crippen LogP contribution in [-0.2, 0) is 8.85 Å². The van der Waals surface area contributed by atoms with Crippen molar-refractivity contribution in [2.24, 2.45) is 5.92 Å². The van der Waals surface area contributed by atoms with Crippen LogP contribution in [-0.4, -0.2) is 41.1 Å². The molecule has 0 aromatic carbocycles. The molecule has 0 aromatic heterocycles. The Labute approximate surface area is 147 Å². The van der Waals surface area contributed by atoms with Gasteiger partial charge in [0.1, 0.15) is 0 Å². The standard InChI is InChI=1S/C18H42O3Si2/c1-15(14-20-22(8,9)17(2,3)4)16(12-13-19)21-23(10,11)18(5,6)7/h15-16,19H,12-14H2,1-11H3/t15?,16-/m0/s1. The summed E-state index contributed by atoms with van der Waals surface area (Å²) >= 11 is 0. The zero-order chi connectivity index (χ0) is 18.7. The number of rotatable bonds is 8. The minimum absolute atomic E-state index is 0.0747. The number of hydrogen-bond acceptors (Lipinski definition) is 3. The van der Waals surface area contributed by atoms with Crippen molar-refractivity contribution in [2.75, 3.05) is 13.2 Å². The van der Waals surface area contributed by atoms with E-state index in [9.17, 15) is 5.11 Å². The van der Waals surface area contributed by atoms with Crippen LogP contribution in [0.15, 0.2) is 0 Å². The molecular weight excluding hydrogens is 320 g/mol. The Balaban J connectivity index is 4.92. The van der Waals surface area contributed by atoms with Gasteiger partial charge < -0.3 is 14.0 Å². The molecule has 0 amide bonds. The van der Waals surface area contributed by atoms with Crippen molar-refractivity contribution in [1.82, 2.24) is 0 Å². The fourth-order valence-corrected chi connectivity index (χ4v) is 4.38. The third-order valence-corrected chi connectivity index (χ3v) is 14.8. The van der Waals surface area contributed by atoms with Gasteiger partial charge in [0.2, 0.25) is 0 Å². The summed E-state index contributed by atoms with van der Waals surface area (Å²) < 4.78 is 12.9. The molecule has 0 aliphatic carbocycles. The Hall–Kier alpha value is 0.314. The van der Waals surface area contributed by atoms with E-state index in [1.807, 2.05) is 0 Å². The van der Waals surface area contributed by atoms with E-state index < -0.39 is 16.6 Å². The lowest BCUT2D eigenvalue weighted by atomic mass is 10.0. The van der Waals surface area contributed by atoms with Crippen molar-refractivity contribution in [3.63, 3.8) is 0 Å². The van der Waals surface area contributed by atoms with E-state index in [4.69, 9.17) is 8.85 Å². The minimum atomic E-state index is -1.83. The molecule has 1 N–H and O–H groups in total.